The average Bonchev–Trinajstić information content (AvgIpc) is 2.85. The van der Waals surface area contributed by atoms with E-state index in [0.717, 1.165) is 6.42 Å². The van der Waals surface area contributed by atoms with E-state index in [1.807, 2.05) is 0 Å². The highest BCUT2D eigenvalue weighted by Crippen LogP contribution is 2.25. The summed E-state index contributed by atoms with van der Waals surface area (Å²) in [6, 6.07) is 9.75. The molecule has 96 valence electrons. The zero-order valence-electron chi connectivity index (χ0n) is 11.4. The van der Waals surface area contributed by atoms with Crippen LogP contribution in [0.2, 0.25) is 0 Å². The Morgan fingerprint density at radius 3 is 2.83 bits per heavy atom. The summed E-state index contributed by atoms with van der Waals surface area (Å²) in [5, 5.41) is 12.3. The number of nitrogens with one attached hydrogen (secondary N) is 1. The first kappa shape index (κ1) is 13.1. The molecule has 2 heteroatoms. The molecule has 2 atom stereocenters. The lowest BCUT2D eigenvalue weighted by atomic mass is 10.0. The molecule has 1 aromatic rings. The van der Waals surface area contributed by atoms with Crippen molar-refractivity contribution in [1.82, 2.24) is 5.32 Å². The van der Waals surface area contributed by atoms with Gasteiger partial charge < -0.3 is 5.32 Å². The highest BCUT2D eigenvalue weighted by Gasteiger charge is 2.15. The average molecular weight is 242 g/mol. The molecule has 0 fully saturated rings. The topological polar surface area (TPSA) is 35.8 Å². The molecule has 0 amide bonds. The smallest absolute Gasteiger partial charge is 0.0638 e. The van der Waals surface area contributed by atoms with E-state index < -0.39 is 0 Å². The molecule has 1 aromatic carbocycles. The Bertz CT molecular complexity index is 445. The number of hydrogen-bond donors (Lipinski definition) is 1. The molecule has 0 heterocycles. The zero-order valence-corrected chi connectivity index (χ0v) is 11.4. The normalized spacial score (nSPS) is 16.9. The molecule has 18 heavy (non-hydrogen) atoms. The fraction of sp³-hybridized carbons (Fsp3) is 0.562. The molecule has 2 unspecified atom stereocenters. The van der Waals surface area contributed by atoms with Gasteiger partial charge in [0.05, 0.1) is 12.5 Å². The van der Waals surface area contributed by atoms with Gasteiger partial charge in [-0.25, -0.2) is 0 Å². The number of benzene rings is 1. The van der Waals surface area contributed by atoms with Gasteiger partial charge in [-0.1, -0.05) is 25.1 Å². The minimum atomic E-state index is 0.304. The highest BCUT2D eigenvalue weighted by molar-refractivity contribution is 5.36. The fourth-order valence-corrected chi connectivity index (χ4v) is 2.74. The Hall–Kier alpha value is -1.33. The van der Waals surface area contributed by atoms with Crippen LogP contribution in [0.15, 0.2) is 18.2 Å². The Labute approximate surface area is 110 Å². The van der Waals surface area contributed by atoms with Crippen LogP contribution in [-0.2, 0) is 12.8 Å². The summed E-state index contributed by atoms with van der Waals surface area (Å²) in [6.45, 7) is 4.32. The lowest BCUT2D eigenvalue weighted by Gasteiger charge is -2.21. The van der Waals surface area contributed by atoms with Gasteiger partial charge in [0, 0.05) is 12.1 Å². The third-order valence-electron chi connectivity index (χ3n) is 3.94. The maximum absolute atomic E-state index is 8.79. The fourth-order valence-electron chi connectivity index (χ4n) is 2.74. The van der Waals surface area contributed by atoms with Gasteiger partial charge in [-0.15, -0.1) is 0 Å². The SMILES string of the molecule is CCC(CC#N)NC(C)c1ccc2c(c1)CCC2. The van der Waals surface area contributed by atoms with E-state index in [9.17, 15) is 0 Å². The van der Waals surface area contributed by atoms with Crippen molar-refractivity contribution in [2.24, 2.45) is 0 Å². The zero-order chi connectivity index (χ0) is 13.0. The Balaban J connectivity index is 2.04. The second-order valence-corrected chi connectivity index (χ2v) is 5.24. The summed E-state index contributed by atoms with van der Waals surface area (Å²) in [5.74, 6) is 0. The van der Waals surface area contributed by atoms with E-state index >= 15 is 0 Å². The van der Waals surface area contributed by atoms with E-state index in [0.29, 0.717) is 18.5 Å². The minimum absolute atomic E-state index is 0.304. The summed E-state index contributed by atoms with van der Waals surface area (Å²) in [7, 11) is 0. The molecule has 2 nitrogen and oxygen atoms in total. The van der Waals surface area contributed by atoms with Gasteiger partial charge >= 0.3 is 0 Å². The first-order valence-corrected chi connectivity index (χ1v) is 6.99. The number of nitriles is 1. The summed E-state index contributed by atoms with van der Waals surface area (Å²) >= 11 is 0. The minimum Gasteiger partial charge on any atom is -0.306 e. The van der Waals surface area contributed by atoms with Gasteiger partial charge in [-0.2, -0.15) is 5.26 Å². The Morgan fingerprint density at radius 2 is 2.11 bits per heavy atom. The van der Waals surface area contributed by atoms with Crippen molar-refractivity contribution in [3.05, 3.63) is 34.9 Å². The number of aryl methyl sites for hydroxylation is 2. The molecule has 0 aromatic heterocycles. The molecule has 0 spiro atoms. The third kappa shape index (κ3) is 2.91. The summed E-state index contributed by atoms with van der Waals surface area (Å²) in [4.78, 5) is 0. The quantitative estimate of drug-likeness (QED) is 0.857. The van der Waals surface area contributed by atoms with Crippen LogP contribution < -0.4 is 5.32 Å². The standard InChI is InChI=1S/C16H22N2/c1-3-16(9-10-17)18-12(2)14-8-7-13-5-4-6-15(13)11-14/h7-8,11-12,16,18H,3-6,9H2,1-2H3. The molecule has 1 aliphatic carbocycles. The lowest BCUT2D eigenvalue weighted by Crippen LogP contribution is -2.30. The van der Waals surface area contributed by atoms with Crippen LogP contribution in [0.25, 0.3) is 0 Å². The summed E-state index contributed by atoms with van der Waals surface area (Å²) in [5.41, 5.74) is 4.40. The van der Waals surface area contributed by atoms with Crippen molar-refractivity contribution >= 4 is 0 Å². The summed E-state index contributed by atoms with van der Waals surface area (Å²) < 4.78 is 0. The highest BCUT2D eigenvalue weighted by atomic mass is 14.9. The van der Waals surface area contributed by atoms with Crippen molar-refractivity contribution in [2.45, 2.75) is 58.0 Å². The molecular weight excluding hydrogens is 220 g/mol. The number of fused-ring (bicyclic) bond motifs is 1. The van der Waals surface area contributed by atoms with Gasteiger partial charge in [0.1, 0.15) is 0 Å². The van der Waals surface area contributed by atoms with Gasteiger partial charge in [0.2, 0.25) is 0 Å². The van der Waals surface area contributed by atoms with Crippen molar-refractivity contribution < 1.29 is 0 Å². The van der Waals surface area contributed by atoms with Crippen LogP contribution in [0.3, 0.4) is 0 Å². The molecule has 0 saturated carbocycles. The Morgan fingerprint density at radius 1 is 1.33 bits per heavy atom. The van der Waals surface area contributed by atoms with Gasteiger partial charge in [0.15, 0.2) is 0 Å². The number of nitrogens with zero attached hydrogens (tertiary/aromatic N) is 1. The number of hydrogen-bond acceptors (Lipinski definition) is 2. The monoisotopic (exact) mass is 242 g/mol. The second kappa shape index (κ2) is 6.02. The van der Waals surface area contributed by atoms with Crippen molar-refractivity contribution in [3.8, 4) is 6.07 Å². The molecular formula is C16H22N2. The maximum Gasteiger partial charge on any atom is 0.0638 e. The first-order valence-electron chi connectivity index (χ1n) is 6.99. The van der Waals surface area contributed by atoms with Crippen LogP contribution >= 0.6 is 0 Å². The van der Waals surface area contributed by atoms with Crippen molar-refractivity contribution in [3.63, 3.8) is 0 Å². The van der Waals surface area contributed by atoms with E-state index in [2.05, 4.69) is 43.4 Å². The van der Waals surface area contributed by atoms with E-state index in [1.165, 1.54) is 36.0 Å². The van der Waals surface area contributed by atoms with Crippen LogP contribution in [0.5, 0.6) is 0 Å². The second-order valence-electron chi connectivity index (χ2n) is 5.24. The maximum atomic E-state index is 8.79. The largest absolute Gasteiger partial charge is 0.306 e. The van der Waals surface area contributed by atoms with Crippen molar-refractivity contribution in [1.29, 1.82) is 5.26 Å². The van der Waals surface area contributed by atoms with E-state index in [1.54, 1.807) is 0 Å². The van der Waals surface area contributed by atoms with Crippen LogP contribution in [-0.4, -0.2) is 6.04 Å². The number of rotatable bonds is 5. The molecule has 0 aliphatic heterocycles. The molecule has 1 aliphatic rings. The lowest BCUT2D eigenvalue weighted by molar-refractivity contribution is 0.448. The molecule has 2 rings (SSSR count). The molecule has 0 saturated heterocycles. The van der Waals surface area contributed by atoms with Crippen molar-refractivity contribution in [2.75, 3.05) is 0 Å². The van der Waals surface area contributed by atoms with Crippen LogP contribution in [0, 0.1) is 11.3 Å². The van der Waals surface area contributed by atoms with Gasteiger partial charge in [0.25, 0.3) is 0 Å². The van der Waals surface area contributed by atoms with Gasteiger partial charge in [-0.3, -0.25) is 0 Å². The molecule has 0 radical (unpaired) electrons. The Kier molecular flexibility index (Phi) is 4.38. The molecule has 1 N–H and O–H groups in total. The first-order chi connectivity index (χ1) is 8.74. The summed E-state index contributed by atoms with van der Waals surface area (Å²) in [6.07, 6.45) is 5.36. The van der Waals surface area contributed by atoms with E-state index in [4.69, 9.17) is 5.26 Å². The van der Waals surface area contributed by atoms with E-state index in [-0.39, 0.29) is 0 Å². The van der Waals surface area contributed by atoms with Crippen LogP contribution in [0.4, 0.5) is 0 Å². The predicted molar refractivity (Wildman–Crippen MR) is 74.3 cm³/mol. The molecule has 0 bridgehead atoms. The predicted octanol–water partition coefficient (Wildman–Crippen LogP) is 3.52. The third-order valence-corrected chi connectivity index (χ3v) is 3.94. The van der Waals surface area contributed by atoms with Gasteiger partial charge in [-0.05, 0) is 49.3 Å². The van der Waals surface area contributed by atoms with Crippen LogP contribution in [0.1, 0.15) is 55.8 Å².